The zero-order valence-electron chi connectivity index (χ0n) is 18.0. The van der Waals surface area contributed by atoms with E-state index in [0.29, 0.717) is 17.9 Å². The lowest BCUT2D eigenvalue weighted by Crippen LogP contribution is -2.38. The number of hydrogen-bond acceptors (Lipinski definition) is 6. The number of esters is 1. The van der Waals surface area contributed by atoms with Gasteiger partial charge in [-0.25, -0.2) is 14.8 Å². The summed E-state index contributed by atoms with van der Waals surface area (Å²) in [4.78, 5) is 35.5. The molecule has 0 spiro atoms. The number of carbonyl (C=O) groups is 2. The molecule has 0 atom stereocenters. The zero-order valence-corrected chi connectivity index (χ0v) is 18.0. The number of hydrogen-bond donors (Lipinski definition) is 1. The molecule has 0 radical (unpaired) electrons. The third kappa shape index (κ3) is 5.11. The topological polar surface area (TPSA) is 84.4 Å². The monoisotopic (exact) mass is 430 g/mol. The maximum Gasteiger partial charge on any atom is 0.338 e. The van der Waals surface area contributed by atoms with E-state index in [0.717, 1.165) is 43.0 Å². The molecule has 1 aromatic heterocycles. The van der Waals surface area contributed by atoms with Crippen LogP contribution in [0, 0.1) is 5.92 Å². The minimum absolute atomic E-state index is 0.00111. The lowest BCUT2D eigenvalue weighted by atomic mass is 9.95. The Hall–Kier alpha value is -3.74. The van der Waals surface area contributed by atoms with E-state index in [9.17, 15) is 9.59 Å². The van der Waals surface area contributed by atoms with Gasteiger partial charge in [0.2, 0.25) is 5.91 Å². The van der Waals surface area contributed by atoms with Gasteiger partial charge in [0.1, 0.15) is 12.1 Å². The average molecular weight is 431 g/mol. The molecule has 1 aliphatic rings. The van der Waals surface area contributed by atoms with Gasteiger partial charge in [-0.15, -0.1) is 0 Å². The third-order valence-corrected chi connectivity index (χ3v) is 5.58. The van der Waals surface area contributed by atoms with Gasteiger partial charge in [0.25, 0.3) is 0 Å². The standard InChI is InChI=1S/C25H26N4O3/c1-2-32-25(31)20-8-10-21(11-9-20)28-24(30)19-12-14-29(15-13-19)23-16-22(26-17-27-23)18-6-4-3-5-7-18/h3-11,16-17,19H,2,12-15H2,1H3,(H,28,30). The maximum absolute atomic E-state index is 12.7. The van der Waals surface area contributed by atoms with Gasteiger partial charge in [0.15, 0.2) is 0 Å². The third-order valence-electron chi connectivity index (χ3n) is 5.58. The van der Waals surface area contributed by atoms with Crippen molar-refractivity contribution in [2.45, 2.75) is 19.8 Å². The minimum atomic E-state index is -0.363. The van der Waals surface area contributed by atoms with E-state index < -0.39 is 0 Å². The van der Waals surface area contributed by atoms with E-state index in [2.05, 4.69) is 20.2 Å². The lowest BCUT2D eigenvalue weighted by Gasteiger charge is -2.32. The molecule has 1 aliphatic heterocycles. The van der Waals surface area contributed by atoms with Crippen molar-refractivity contribution in [3.8, 4) is 11.3 Å². The number of ether oxygens (including phenoxy) is 1. The number of piperidine rings is 1. The summed E-state index contributed by atoms with van der Waals surface area (Å²) in [6, 6.07) is 18.8. The Bertz CT molecular complexity index is 1060. The molecule has 1 N–H and O–H groups in total. The maximum atomic E-state index is 12.7. The molecule has 0 saturated carbocycles. The first-order chi connectivity index (χ1) is 15.6. The molecule has 2 heterocycles. The number of benzene rings is 2. The smallest absolute Gasteiger partial charge is 0.338 e. The quantitative estimate of drug-likeness (QED) is 0.591. The van der Waals surface area contributed by atoms with Crippen molar-refractivity contribution in [3.05, 3.63) is 72.6 Å². The van der Waals surface area contributed by atoms with E-state index in [1.165, 1.54) is 0 Å². The summed E-state index contributed by atoms with van der Waals surface area (Å²) in [5, 5.41) is 2.96. The highest BCUT2D eigenvalue weighted by Crippen LogP contribution is 2.26. The van der Waals surface area contributed by atoms with Crippen LogP contribution in [0.3, 0.4) is 0 Å². The molecular formula is C25H26N4O3. The van der Waals surface area contributed by atoms with Crippen LogP contribution in [0.2, 0.25) is 0 Å². The highest BCUT2D eigenvalue weighted by Gasteiger charge is 2.26. The molecule has 1 saturated heterocycles. The first-order valence-corrected chi connectivity index (χ1v) is 10.8. The van der Waals surface area contributed by atoms with Crippen LogP contribution in [0.5, 0.6) is 0 Å². The summed E-state index contributed by atoms with van der Waals surface area (Å²) in [5.74, 6) is 0.456. The highest BCUT2D eigenvalue weighted by atomic mass is 16.5. The van der Waals surface area contributed by atoms with Crippen LogP contribution >= 0.6 is 0 Å². The van der Waals surface area contributed by atoms with Gasteiger partial charge >= 0.3 is 5.97 Å². The Balaban J connectivity index is 1.33. The summed E-state index contributed by atoms with van der Waals surface area (Å²) >= 11 is 0. The number of nitrogens with zero attached hydrogens (tertiary/aromatic N) is 3. The predicted molar refractivity (Wildman–Crippen MR) is 123 cm³/mol. The first kappa shape index (κ1) is 21.5. The summed E-state index contributed by atoms with van der Waals surface area (Å²) in [6.07, 6.45) is 3.09. The molecule has 4 rings (SSSR count). The van der Waals surface area contributed by atoms with Crippen molar-refractivity contribution in [2.24, 2.45) is 5.92 Å². The van der Waals surface area contributed by atoms with E-state index in [4.69, 9.17) is 4.74 Å². The van der Waals surface area contributed by atoms with Gasteiger partial charge < -0.3 is 15.0 Å². The summed E-state index contributed by atoms with van der Waals surface area (Å²) in [6.45, 7) is 3.61. The van der Waals surface area contributed by atoms with E-state index in [1.807, 2.05) is 36.4 Å². The fraction of sp³-hybridized carbons (Fsp3) is 0.280. The van der Waals surface area contributed by atoms with E-state index >= 15 is 0 Å². The van der Waals surface area contributed by atoms with Crippen molar-refractivity contribution in [1.29, 1.82) is 0 Å². The Morgan fingerprint density at radius 2 is 1.75 bits per heavy atom. The Morgan fingerprint density at radius 3 is 2.44 bits per heavy atom. The lowest BCUT2D eigenvalue weighted by molar-refractivity contribution is -0.120. The molecule has 1 fully saturated rings. The Morgan fingerprint density at radius 1 is 1.03 bits per heavy atom. The molecule has 0 bridgehead atoms. The van der Waals surface area contributed by atoms with Crippen molar-refractivity contribution in [1.82, 2.24) is 9.97 Å². The fourth-order valence-corrected chi connectivity index (χ4v) is 3.81. The number of rotatable bonds is 6. The van der Waals surface area contributed by atoms with Crippen molar-refractivity contribution in [2.75, 3.05) is 29.9 Å². The molecule has 3 aromatic rings. The SMILES string of the molecule is CCOC(=O)c1ccc(NC(=O)C2CCN(c3cc(-c4ccccc4)ncn3)CC2)cc1. The van der Waals surface area contributed by atoms with Gasteiger partial charge in [0.05, 0.1) is 17.9 Å². The zero-order chi connectivity index (χ0) is 22.3. The molecule has 1 amide bonds. The van der Waals surface area contributed by atoms with Gasteiger partial charge in [-0.2, -0.15) is 0 Å². The highest BCUT2D eigenvalue weighted by molar-refractivity contribution is 5.94. The molecule has 32 heavy (non-hydrogen) atoms. The van der Waals surface area contributed by atoms with Gasteiger partial charge in [-0.05, 0) is 44.0 Å². The molecule has 0 aliphatic carbocycles. The molecular weight excluding hydrogens is 404 g/mol. The molecule has 2 aromatic carbocycles. The van der Waals surface area contributed by atoms with Gasteiger partial charge in [-0.1, -0.05) is 30.3 Å². The normalized spacial score (nSPS) is 14.1. The van der Waals surface area contributed by atoms with Gasteiger partial charge in [-0.3, -0.25) is 4.79 Å². The van der Waals surface area contributed by atoms with Crippen molar-refractivity contribution >= 4 is 23.4 Å². The van der Waals surface area contributed by atoms with Crippen LogP contribution in [0.1, 0.15) is 30.1 Å². The minimum Gasteiger partial charge on any atom is -0.462 e. The number of carbonyl (C=O) groups excluding carboxylic acids is 2. The second-order valence-corrected chi connectivity index (χ2v) is 7.68. The number of aromatic nitrogens is 2. The van der Waals surface area contributed by atoms with Crippen LogP contribution in [-0.4, -0.2) is 41.5 Å². The van der Waals surface area contributed by atoms with Crippen LogP contribution in [0.15, 0.2) is 67.0 Å². The van der Waals surface area contributed by atoms with Crippen molar-refractivity contribution in [3.63, 3.8) is 0 Å². The molecule has 0 unspecified atom stereocenters. The Kier molecular flexibility index (Phi) is 6.75. The Labute approximate surface area is 187 Å². The van der Waals surface area contributed by atoms with Crippen LogP contribution in [0.4, 0.5) is 11.5 Å². The molecule has 7 heteroatoms. The van der Waals surface area contributed by atoms with E-state index in [-0.39, 0.29) is 17.8 Å². The fourth-order valence-electron chi connectivity index (χ4n) is 3.81. The number of amides is 1. The molecule has 7 nitrogen and oxygen atoms in total. The first-order valence-electron chi connectivity index (χ1n) is 10.8. The predicted octanol–water partition coefficient (Wildman–Crippen LogP) is 4.18. The van der Waals surface area contributed by atoms with Crippen LogP contribution in [-0.2, 0) is 9.53 Å². The summed E-state index contributed by atoms with van der Waals surface area (Å²) in [7, 11) is 0. The number of nitrogens with one attached hydrogen (secondary N) is 1. The van der Waals surface area contributed by atoms with Crippen molar-refractivity contribution < 1.29 is 14.3 Å². The molecule has 164 valence electrons. The average Bonchev–Trinajstić information content (AvgIpc) is 2.85. The second kappa shape index (κ2) is 10.0. The van der Waals surface area contributed by atoms with Crippen LogP contribution in [0.25, 0.3) is 11.3 Å². The summed E-state index contributed by atoms with van der Waals surface area (Å²) in [5.41, 5.74) is 3.09. The van der Waals surface area contributed by atoms with Crippen LogP contribution < -0.4 is 10.2 Å². The number of anilines is 2. The van der Waals surface area contributed by atoms with Gasteiger partial charge in [0, 0.05) is 36.3 Å². The van der Waals surface area contributed by atoms with E-state index in [1.54, 1.807) is 37.5 Å². The largest absolute Gasteiger partial charge is 0.462 e. The second-order valence-electron chi connectivity index (χ2n) is 7.68. The summed E-state index contributed by atoms with van der Waals surface area (Å²) < 4.78 is 4.98.